The summed E-state index contributed by atoms with van der Waals surface area (Å²) in [7, 11) is 1.73. The van der Waals surface area contributed by atoms with Gasteiger partial charge in [0, 0.05) is 13.1 Å². The average Bonchev–Trinajstić information content (AvgIpc) is 2.44. The van der Waals surface area contributed by atoms with Crippen LogP contribution in [0.2, 0.25) is 0 Å². The van der Waals surface area contributed by atoms with Gasteiger partial charge in [0.2, 0.25) is 12.1 Å². The summed E-state index contributed by atoms with van der Waals surface area (Å²) in [5.41, 5.74) is 5.20. The molecule has 1 amide bonds. The lowest BCUT2D eigenvalue weighted by Gasteiger charge is -2.30. The summed E-state index contributed by atoms with van der Waals surface area (Å²) >= 11 is 0. The third-order valence-electron chi connectivity index (χ3n) is 4.08. The topological polar surface area (TPSA) is 92.9 Å². The van der Waals surface area contributed by atoms with Crippen molar-refractivity contribution in [1.29, 1.82) is 0 Å². The molecule has 2 unspecified atom stereocenters. The van der Waals surface area contributed by atoms with E-state index in [1.807, 2.05) is 6.92 Å². The summed E-state index contributed by atoms with van der Waals surface area (Å²) < 4.78 is 4.81. The molecule has 20 heavy (non-hydrogen) atoms. The minimum atomic E-state index is -1.44. The summed E-state index contributed by atoms with van der Waals surface area (Å²) in [5, 5.41) is 8.58. The van der Waals surface area contributed by atoms with Gasteiger partial charge in [-0.15, -0.1) is 0 Å². The minimum absolute atomic E-state index is 0.134. The molecule has 1 aliphatic carbocycles. The quantitative estimate of drug-likeness (QED) is 0.686. The Morgan fingerprint density at radius 1 is 1.35 bits per heavy atom. The van der Waals surface area contributed by atoms with Gasteiger partial charge in [-0.05, 0) is 19.3 Å². The molecule has 116 valence electrons. The number of ether oxygens (including phenoxy) is 1. The summed E-state index contributed by atoms with van der Waals surface area (Å²) in [6.07, 6.45) is 5.92. The van der Waals surface area contributed by atoms with E-state index in [-0.39, 0.29) is 18.6 Å². The molecule has 3 N–H and O–H groups in total. The van der Waals surface area contributed by atoms with E-state index in [1.54, 1.807) is 11.9 Å². The Morgan fingerprint density at radius 3 is 2.50 bits per heavy atom. The molecule has 0 bridgehead atoms. The lowest BCUT2D eigenvalue weighted by Crippen LogP contribution is -2.42. The zero-order valence-corrected chi connectivity index (χ0v) is 12.4. The molecule has 6 nitrogen and oxygen atoms in total. The van der Waals surface area contributed by atoms with Gasteiger partial charge < -0.3 is 14.7 Å². The molecular weight excluding hydrogens is 260 g/mol. The maximum atomic E-state index is 11.9. The van der Waals surface area contributed by atoms with Gasteiger partial charge >= 0.3 is 5.97 Å². The maximum Gasteiger partial charge on any atom is 0.347 e. The molecule has 0 saturated heterocycles. The Bertz CT molecular complexity index is 329. The van der Waals surface area contributed by atoms with Gasteiger partial charge in [-0.2, -0.15) is 0 Å². The van der Waals surface area contributed by atoms with Gasteiger partial charge in [0.1, 0.15) is 6.61 Å². The van der Waals surface area contributed by atoms with E-state index in [4.69, 9.17) is 15.6 Å². The Balaban J connectivity index is 2.33. The first kappa shape index (κ1) is 16.9. The van der Waals surface area contributed by atoms with Crippen LogP contribution in [0.4, 0.5) is 0 Å². The lowest BCUT2D eigenvalue weighted by molar-refractivity contribution is -0.154. The van der Waals surface area contributed by atoms with E-state index in [0.717, 1.165) is 6.42 Å². The molecule has 0 spiro atoms. The first-order valence-corrected chi connectivity index (χ1v) is 7.27. The van der Waals surface area contributed by atoms with Crippen molar-refractivity contribution < 1.29 is 19.4 Å². The van der Waals surface area contributed by atoms with Gasteiger partial charge in [-0.1, -0.05) is 32.1 Å². The zero-order chi connectivity index (χ0) is 15.1. The first-order chi connectivity index (χ1) is 9.41. The minimum Gasteiger partial charge on any atom is -0.478 e. The van der Waals surface area contributed by atoms with E-state index in [9.17, 15) is 9.59 Å². The van der Waals surface area contributed by atoms with E-state index in [2.05, 4.69) is 0 Å². The van der Waals surface area contributed by atoms with Crippen LogP contribution in [0.25, 0.3) is 0 Å². The molecule has 0 aliphatic heterocycles. The number of aliphatic carboxylic acids is 1. The molecule has 6 heteroatoms. The highest BCUT2D eigenvalue weighted by atomic mass is 16.5. The van der Waals surface area contributed by atoms with Crippen LogP contribution in [-0.4, -0.2) is 47.8 Å². The summed E-state index contributed by atoms with van der Waals surface area (Å²) in [6.45, 7) is 1.72. The number of nitrogens with two attached hydrogens (primary N) is 1. The van der Waals surface area contributed by atoms with Gasteiger partial charge in [0.15, 0.2) is 0 Å². The molecule has 2 atom stereocenters. The molecule has 0 radical (unpaired) electrons. The van der Waals surface area contributed by atoms with Gasteiger partial charge in [0.25, 0.3) is 0 Å². The molecule has 0 aromatic rings. The zero-order valence-electron chi connectivity index (χ0n) is 12.4. The van der Waals surface area contributed by atoms with Crippen molar-refractivity contribution in [2.24, 2.45) is 11.7 Å². The molecule has 0 heterocycles. The number of hydrogen-bond acceptors (Lipinski definition) is 4. The van der Waals surface area contributed by atoms with Crippen molar-refractivity contribution in [1.82, 2.24) is 4.90 Å². The van der Waals surface area contributed by atoms with Crippen molar-refractivity contribution in [2.45, 2.75) is 57.7 Å². The van der Waals surface area contributed by atoms with Crippen LogP contribution in [0.15, 0.2) is 0 Å². The van der Waals surface area contributed by atoms with E-state index in [0.29, 0.717) is 5.92 Å². The second kappa shape index (κ2) is 8.21. The van der Waals surface area contributed by atoms with Crippen LogP contribution >= 0.6 is 0 Å². The number of amides is 1. The highest BCUT2D eigenvalue weighted by Crippen LogP contribution is 2.28. The third-order valence-corrected chi connectivity index (χ3v) is 4.08. The fraction of sp³-hybridized carbons (Fsp3) is 0.857. The largest absolute Gasteiger partial charge is 0.478 e. The van der Waals surface area contributed by atoms with E-state index < -0.39 is 12.2 Å². The van der Waals surface area contributed by atoms with Gasteiger partial charge in [0.05, 0.1) is 0 Å². The second-order valence-electron chi connectivity index (χ2n) is 5.66. The Labute approximate surface area is 120 Å². The fourth-order valence-corrected chi connectivity index (χ4v) is 2.64. The Hall–Kier alpha value is -1.14. The number of nitrogens with zero attached hydrogens (tertiary/aromatic N) is 1. The lowest BCUT2D eigenvalue weighted by atomic mass is 9.85. The number of rotatable bonds is 7. The van der Waals surface area contributed by atoms with Crippen LogP contribution < -0.4 is 5.73 Å². The van der Waals surface area contributed by atoms with Crippen molar-refractivity contribution in [3.05, 3.63) is 0 Å². The third kappa shape index (κ3) is 5.46. The number of likely N-dealkylation sites (N-methyl/N-ethyl adjacent to an activating group) is 1. The smallest absolute Gasteiger partial charge is 0.347 e. The number of carboxylic acid groups (broad SMARTS) is 1. The van der Waals surface area contributed by atoms with Crippen LogP contribution in [0, 0.1) is 5.92 Å². The monoisotopic (exact) mass is 286 g/mol. The average molecular weight is 286 g/mol. The Morgan fingerprint density at radius 2 is 1.95 bits per heavy atom. The number of carbonyl (C=O) groups excluding carboxylic acids is 1. The molecule has 0 aromatic carbocycles. The molecule has 1 fully saturated rings. The van der Waals surface area contributed by atoms with Crippen LogP contribution in [0.3, 0.4) is 0 Å². The van der Waals surface area contributed by atoms with Gasteiger partial charge in [-0.3, -0.25) is 10.5 Å². The number of carbonyl (C=O) groups is 2. The maximum absolute atomic E-state index is 11.9. The van der Waals surface area contributed by atoms with Crippen molar-refractivity contribution in [3.8, 4) is 0 Å². The summed E-state index contributed by atoms with van der Waals surface area (Å²) in [6, 6.07) is 0.134. The van der Waals surface area contributed by atoms with E-state index in [1.165, 1.54) is 32.1 Å². The molecule has 1 aliphatic rings. The van der Waals surface area contributed by atoms with Crippen molar-refractivity contribution >= 4 is 11.9 Å². The fourth-order valence-electron chi connectivity index (χ4n) is 2.64. The first-order valence-electron chi connectivity index (χ1n) is 7.27. The summed E-state index contributed by atoms with van der Waals surface area (Å²) in [4.78, 5) is 24.0. The SMILES string of the molecule is CC(CC1CCCCC1)N(C)C(=O)COC(N)C(=O)O. The van der Waals surface area contributed by atoms with Crippen molar-refractivity contribution in [3.63, 3.8) is 0 Å². The highest BCUT2D eigenvalue weighted by molar-refractivity contribution is 5.78. The van der Waals surface area contributed by atoms with Crippen LogP contribution in [0.1, 0.15) is 45.4 Å². The predicted octanol–water partition coefficient (Wildman–Crippen LogP) is 1.19. The standard InChI is InChI=1S/C14H26N2O4/c1-10(8-11-6-4-3-5-7-11)16(2)12(17)9-20-13(15)14(18)19/h10-11,13H,3-9,15H2,1-2H3,(H,18,19). The Kier molecular flexibility index (Phi) is 6.95. The molecule has 1 rings (SSSR count). The molecular formula is C14H26N2O4. The second-order valence-corrected chi connectivity index (χ2v) is 5.66. The number of hydrogen-bond donors (Lipinski definition) is 2. The van der Waals surface area contributed by atoms with Crippen molar-refractivity contribution in [2.75, 3.05) is 13.7 Å². The number of carboxylic acids is 1. The van der Waals surface area contributed by atoms with Crippen LogP contribution in [-0.2, 0) is 14.3 Å². The van der Waals surface area contributed by atoms with Crippen LogP contribution in [0.5, 0.6) is 0 Å². The molecule has 1 saturated carbocycles. The van der Waals surface area contributed by atoms with E-state index >= 15 is 0 Å². The van der Waals surface area contributed by atoms with Gasteiger partial charge in [-0.25, -0.2) is 4.79 Å². The molecule has 0 aromatic heterocycles. The normalized spacial score (nSPS) is 19.4. The summed E-state index contributed by atoms with van der Waals surface area (Å²) in [5.74, 6) is -0.808. The highest BCUT2D eigenvalue weighted by Gasteiger charge is 2.22. The predicted molar refractivity (Wildman–Crippen MR) is 75.0 cm³/mol.